The van der Waals surface area contributed by atoms with Crippen molar-refractivity contribution in [3.63, 3.8) is 0 Å². The molecule has 3 rings (SSSR count). The molecule has 20 heavy (non-hydrogen) atoms. The van der Waals surface area contributed by atoms with Crippen molar-refractivity contribution in [2.75, 3.05) is 0 Å². The van der Waals surface area contributed by atoms with Crippen molar-refractivity contribution in [1.29, 1.82) is 0 Å². The second-order valence-corrected chi connectivity index (χ2v) is 6.83. The Balaban J connectivity index is 2.02. The summed E-state index contributed by atoms with van der Waals surface area (Å²) < 4.78 is 15.6. The summed E-state index contributed by atoms with van der Waals surface area (Å²) in [6.07, 6.45) is 4.69. The Morgan fingerprint density at radius 3 is 2.70 bits per heavy atom. The smallest absolute Gasteiger partial charge is 0.125 e. The second kappa shape index (κ2) is 5.03. The van der Waals surface area contributed by atoms with Gasteiger partial charge in [-0.05, 0) is 43.2 Å². The van der Waals surface area contributed by atoms with E-state index in [1.54, 1.807) is 0 Å². The highest BCUT2D eigenvalue weighted by molar-refractivity contribution is 6.16. The summed E-state index contributed by atoms with van der Waals surface area (Å²) in [5.41, 5.74) is 2.15. The number of aromatic nitrogens is 2. The minimum atomic E-state index is -0.243. The van der Waals surface area contributed by atoms with Gasteiger partial charge < -0.3 is 4.57 Å². The highest BCUT2D eigenvalue weighted by atomic mass is 35.5. The molecule has 0 spiro atoms. The number of hydrogen-bond acceptors (Lipinski definition) is 1. The van der Waals surface area contributed by atoms with Crippen LogP contribution in [0, 0.1) is 11.2 Å². The van der Waals surface area contributed by atoms with E-state index in [1.807, 2.05) is 6.07 Å². The van der Waals surface area contributed by atoms with Crippen LogP contribution in [-0.2, 0) is 5.88 Å². The summed E-state index contributed by atoms with van der Waals surface area (Å²) in [6.45, 7) is 4.65. The first-order valence-electron chi connectivity index (χ1n) is 7.22. The molecule has 0 unspecified atom stereocenters. The molecule has 0 N–H and O–H groups in total. The number of benzene rings is 1. The average Bonchev–Trinajstić information content (AvgIpc) is 2.76. The molecule has 0 radical (unpaired) electrons. The Kier molecular flexibility index (Phi) is 3.49. The Morgan fingerprint density at radius 2 is 2.05 bits per heavy atom. The summed E-state index contributed by atoms with van der Waals surface area (Å²) >= 11 is 6.04. The highest BCUT2D eigenvalue weighted by Gasteiger charge is 2.29. The zero-order chi connectivity index (χ0) is 14.3. The first kappa shape index (κ1) is 13.9. The molecular weight excluding hydrogens is 275 g/mol. The number of rotatable bonds is 2. The molecule has 1 saturated carbocycles. The molecule has 1 aliphatic rings. The number of fused-ring (bicyclic) bond motifs is 1. The van der Waals surface area contributed by atoms with E-state index in [9.17, 15) is 4.39 Å². The lowest BCUT2D eigenvalue weighted by Gasteiger charge is -2.35. The molecule has 0 aliphatic heterocycles. The van der Waals surface area contributed by atoms with Crippen LogP contribution >= 0.6 is 11.6 Å². The molecule has 1 heterocycles. The van der Waals surface area contributed by atoms with Crippen molar-refractivity contribution in [3.8, 4) is 0 Å². The van der Waals surface area contributed by atoms with Gasteiger partial charge in [-0.1, -0.05) is 13.8 Å². The zero-order valence-electron chi connectivity index (χ0n) is 12.0. The fourth-order valence-electron chi connectivity index (χ4n) is 3.27. The fourth-order valence-corrected chi connectivity index (χ4v) is 3.45. The predicted molar refractivity (Wildman–Crippen MR) is 80.5 cm³/mol. The van der Waals surface area contributed by atoms with Crippen molar-refractivity contribution in [2.45, 2.75) is 51.5 Å². The molecule has 0 saturated heterocycles. The topological polar surface area (TPSA) is 17.8 Å². The molecular formula is C16H20ClFN2. The second-order valence-electron chi connectivity index (χ2n) is 6.56. The molecule has 108 valence electrons. The fraction of sp³-hybridized carbons (Fsp3) is 0.562. The van der Waals surface area contributed by atoms with Crippen LogP contribution in [0.25, 0.3) is 11.0 Å². The number of imidazole rings is 1. The van der Waals surface area contributed by atoms with Gasteiger partial charge in [0.15, 0.2) is 0 Å². The van der Waals surface area contributed by atoms with Crippen molar-refractivity contribution in [2.24, 2.45) is 5.41 Å². The van der Waals surface area contributed by atoms with Gasteiger partial charge in [0.2, 0.25) is 0 Å². The molecule has 4 heteroatoms. The largest absolute Gasteiger partial charge is 0.324 e. The van der Waals surface area contributed by atoms with E-state index in [0.29, 0.717) is 22.9 Å². The van der Waals surface area contributed by atoms with E-state index in [1.165, 1.54) is 25.0 Å². The van der Waals surface area contributed by atoms with Gasteiger partial charge in [-0.3, -0.25) is 0 Å². The predicted octanol–water partition coefficient (Wildman–Crippen LogP) is 5.06. The summed E-state index contributed by atoms with van der Waals surface area (Å²) in [6, 6.07) is 5.26. The lowest BCUT2D eigenvalue weighted by atomic mass is 9.75. The van der Waals surface area contributed by atoms with E-state index < -0.39 is 0 Å². The summed E-state index contributed by atoms with van der Waals surface area (Å²) in [5, 5.41) is 0. The first-order valence-corrected chi connectivity index (χ1v) is 7.76. The molecule has 1 aromatic heterocycles. The van der Waals surface area contributed by atoms with Gasteiger partial charge in [-0.15, -0.1) is 11.6 Å². The molecule has 1 aromatic carbocycles. The Bertz CT molecular complexity index is 623. The first-order chi connectivity index (χ1) is 9.50. The van der Waals surface area contributed by atoms with Crippen molar-refractivity contribution in [1.82, 2.24) is 9.55 Å². The minimum Gasteiger partial charge on any atom is -0.324 e. The number of nitrogens with zero attached hydrogens (tertiary/aromatic N) is 2. The third-order valence-corrected chi connectivity index (χ3v) is 4.76. The Morgan fingerprint density at radius 1 is 1.35 bits per heavy atom. The maximum Gasteiger partial charge on any atom is 0.125 e. The van der Waals surface area contributed by atoms with Crippen molar-refractivity contribution >= 4 is 22.6 Å². The highest BCUT2D eigenvalue weighted by Crippen LogP contribution is 2.41. The maximum atomic E-state index is 13.3. The van der Waals surface area contributed by atoms with Crippen LogP contribution in [-0.4, -0.2) is 9.55 Å². The molecule has 2 nitrogen and oxygen atoms in total. The maximum absolute atomic E-state index is 13.3. The average molecular weight is 295 g/mol. The van der Waals surface area contributed by atoms with E-state index in [4.69, 9.17) is 11.6 Å². The van der Waals surface area contributed by atoms with Gasteiger partial charge in [0.25, 0.3) is 0 Å². The number of halogens is 2. The quantitative estimate of drug-likeness (QED) is 0.708. The molecule has 0 bridgehead atoms. The molecule has 1 aliphatic carbocycles. The molecule has 1 fully saturated rings. The van der Waals surface area contributed by atoms with Crippen LogP contribution in [0.2, 0.25) is 0 Å². The standard InChI is InChI=1S/C16H20ClFN2/c1-16(2)7-5-12(6-8-16)20-14-4-3-11(18)9-13(14)19-15(20)10-17/h3-4,9,12H,5-8,10H2,1-2H3. The van der Waals surface area contributed by atoms with Gasteiger partial charge in [-0.2, -0.15) is 0 Å². The molecule has 2 aromatic rings. The van der Waals surface area contributed by atoms with E-state index in [2.05, 4.69) is 23.4 Å². The minimum absolute atomic E-state index is 0.243. The Labute approximate surface area is 123 Å². The molecule has 0 amide bonds. The SMILES string of the molecule is CC1(C)CCC(n2c(CCl)nc3cc(F)ccc32)CC1. The van der Waals surface area contributed by atoms with E-state index >= 15 is 0 Å². The van der Waals surface area contributed by atoms with E-state index in [-0.39, 0.29) is 5.82 Å². The van der Waals surface area contributed by atoms with Gasteiger partial charge in [0.05, 0.1) is 16.9 Å². The summed E-state index contributed by atoms with van der Waals surface area (Å²) in [7, 11) is 0. The third kappa shape index (κ3) is 2.44. The van der Waals surface area contributed by atoms with Crippen LogP contribution in [0.5, 0.6) is 0 Å². The number of hydrogen-bond donors (Lipinski definition) is 0. The van der Waals surface area contributed by atoms with Crippen LogP contribution in [0.4, 0.5) is 4.39 Å². The van der Waals surface area contributed by atoms with Crippen molar-refractivity contribution in [3.05, 3.63) is 29.8 Å². The number of alkyl halides is 1. The van der Waals surface area contributed by atoms with Crippen LogP contribution in [0.1, 0.15) is 51.4 Å². The van der Waals surface area contributed by atoms with Gasteiger partial charge in [0.1, 0.15) is 11.6 Å². The van der Waals surface area contributed by atoms with E-state index in [0.717, 1.165) is 24.2 Å². The van der Waals surface area contributed by atoms with Gasteiger partial charge in [0, 0.05) is 12.1 Å². The van der Waals surface area contributed by atoms with Crippen LogP contribution in [0.15, 0.2) is 18.2 Å². The normalized spacial score (nSPS) is 19.6. The summed E-state index contributed by atoms with van der Waals surface area (Å²) in [5.74, 6) is 0.987. The Hall–Kier alpha value is -1.09. The van der Waals surface area contributed by atoms with Gasteiger partial charge in [-0.25, -0.2) is 9.37 Å². The lowest BCUT2D eigenvalue weighted by molar-refractivity contribution is 0.194. The third-order valence-electron chi connectivity index (χ3n) is 4.52. The van der Waals surface area contributed by atoms with Crippen LogP contribution < -0.4 is 0 Å². The molecule has 0 atom stereocenters. The van der Waals surface area contributed by atoms with Crippen LogP contribution in [0.3, 0.4) is 0 Å². The van der Waals surface area contributed by atoms with Crippen molar-refractivity contribution < 1.29 is 4.39 Å². The monoisotopic (exact) mass is 294 g/mol. The van der Waals surface area contributed by atoms with Gasteiger partial charge >= 0.3 is 0 Å². The summed E-state index contributed by atoms with van der Waals surface area (Å²) in [4.78, 5) is 4.49. The zero-order valence-corrected chi connectivity index (χ0v) is 12.8. The lowest BCUT2D eigenvalue weighted by Crippen LogP contribution is -2.24.